The highest BCUT2D eigenvalue weighted by molar-refractivity contribution is 5.00. The van der Waals surface area contributed by atoms with Crippen LogP contribution >= 0.6 is 0 Å². The molecule has 1 heterocycles. The summed E-state index contributed by atoms with van der Waals surface area (Å²) in [4.78, 5) is 2.31. The van der Waals surface area contributed by atoms with Crippen molar-refractivity contribution in [3.05, 3.63) is 0 Å². The van der Waals surface area contributed by atoms with Gasteiger partial charge in [0.25, 0.3) is 0 Å². The molecule has 0 amide bonds. The number of nitrogens with zero attached hydrogens (tertiary/aromatic N) is 1. The van der Waals surface area contributed by atoms with Crippen LogP contribution in [0, 0.1) is 12.3 Å². The Morgan fingerprint density at radius 1 is 1.58 bits per heavy atom. The van der Waals surface area contributed by atoms with E-state index in [1.54, 1.807) is 0 Å². The molecular weight excluding hydrogens is 148 g/mol. The van der Waals surface area contributed by atoms with Crippen LogP contribution < -0.4 is 5.73 Å². The zero-order valence-corrected chi connectivity index (χ0v) is 7.96. The molecule has 1 rings (SSSR count). The van der Waals surface area contributed by atoms with E-state index in [9.17, 15) is 0 Å². The molecule has 0 radical (unpaired) electrons. The molecule has 1 aliphatic heterocycles. The van der Waals surface area contributed by atoms with Gasteiger partial charge >= 0.3 is 0 Å². The van der Waals surface area contributed by atoms with E-state index in [-0.39, 0.29) is 6.04 Å². The van der Waals surface area contributed by atoms with Gasteiger partial charge in [-0.05, 0) is 26.7 Å². The molecule has 0 bridgehead atoms. The second kappa shape index (κ2) is 3.93. The fraction of sp³-hybridized carbons (Fsp3) is 0.800. The van der Waals surface area contributed by atoms with Gasteiger partial charge in [0.2, 0.25) is 0 Å². The van der Waals surface area contributed by atoms with Crippen LogP contribution in [0.25, 0.3) is 0 Å². The van der Waals surface area contributed by atoms with Crippen molar-refractivity contribution < 1.29 is 0 Å². The van der Waals surface area contributed by atoms with Crippen LogP contribution in [-0.4, -0.2) is 29.6 Å². The number of piperidine rings is 1. The first-order valence-corrected chi connectivity index (χ1v) is 4.62. The average molecular weight is 166 g/mol. The summed E-state index contributed by atoms with van der Waals surface area (Å²) < 4.78 is 0. The lowest BCUT2D eigenvalue weighted by molar-refractivity contribution is 0.127. The highest BCUT2D eigenvalue weighted by Crippen LogP contribution is 2.17. The van der Waals surface area contributed by atoms with Crippen molar-refractivity contribution in [1.82, 2.24) is 4.90 Å². The third-order valence-electron chi connectivity index (χ3n) is 2.71. The summed E-state index contributed by atoms with van der Waals surface area (Å²) in [6.07, 6.45) is 7.69. The van der Waals surface area contributed by atoms with Crippen LogP contribution in [0.1, 0.15) is 26.7 Å². The lowest BCUT2D eigenvalue weighted by Gasteiger charge is -2.38. The number of hydrogen-bond donors (Lipinski definition) is 1. The molecule has 0 aromatic rings. The maximum Gasteiger partial charge on any atom is 0.0686 e. The topological polar surface area (TPSA) is 29.3 Å². The molecule has 2 N–H and O–H groups in total. The first kappa shape index (κ1) is 9.57. The fourth-order valence-electron chi connectivity index (χ4n) is 1.80. The summed E-state index contributed by atoms with van der Waals surface area (Å²) in [6.45, 7) is 5.24. The molecule has 1 aliphatic rings. The van der Waals surface area contributed by atoms with E-state index in [0.29, 0.717) is 12.1 Å². The molecule has 12 heavy (non-hydrogen) atoms. The van der Waals surface area contributed by atoms with Gasteiger partial charge in [-0.15, -0.1) is 6.42 Å². The Hall–Kier alpha value is -0.520. The first-order chi connectivity index (χ1) is 5.65. The molecule has 0 aromatic heterocycles. The Kier molecular flexibility index (Phi) is 3.13. The Morgan fingerprint density at radius 3 is 2.83 bits per heavy atom. The summed E-state index contributed by atoms with van der Waals surface area (Å²) in [7, 11) is 0. The molecule has 0 aliphatic carbocycles. The quantitative estimate of drug-likeness (QED) is 0.584. The zero-order chi connectivity index (χ0) is 9.14. The van der Waals surface area contributed by atoms with Crippen molar-refractivity contribution in [3.63, 3.8) is 0 Å². The van der Waals surface area contributed by atoms with Crippen molar-refractivity contribution in [2.24, 2.45) is 5.73 Å². The fourth-order valence-corrected chi connectivity index (χ4v) is 1.80. The predicted octanol–water partition coefficient (Wildman–Crippen LogP) is 0.820. The SMILES string of the molecule is C#CC(C)N1CC(N)CCC1C. The van der Waals surface area contributed by atoms with Gasteiger partial charge in [0.05, 0.1) is 6.04 Å². The van der Waals surface area contributed by atoms with E-state index in [1.165, 1.54) is 6.42 Å². The maximum absolute atomic E-state index is 5.87. The highest BCUT2D eigenvalue weighted by atomic mass is 15.2. The number of rotatable bonds is 1. The standard InChI is InChI=1S/C10H18N2/c1-4-8(2)12-7-10(11)6-5-9(12)3/h1,8-10H,5-7,11H2,2-3H3. The van der Waals surface area contributed by atoms with Crippen LogP contribution in [0.4, 0.5) is 0 Å². The van der Waals surface area contributed by atoms with E-state index in [4.69, 9.17) is 12.2 Å². The predicted molar refractivity (Wildman–Crippen MR) is 51.7 cm³/mol. The van der Waals surface area contributed by atoms with Crippen molar-refractivity contribution in [3.8, 4) is 12.3 Å². The summed E-state index contributed by atoms with van der Waals surface area (Å²) in [5, 5.41) is 0. The van der Waals surface area contributed by atoms with Crippen molar-refractivity contribution in [2.75, 3.05) is 6.54 Å². The monoisotopic (exact) mass is 166 g/mol. The third kappa shape index (κ3) is 2.00. The van der Waals surface area contributed by atoms with Gasteiger partial charge in [0, 0.05) is 18.6 Å². The summed E-state index contributed by atoms with van der Waals surface area (Å²) in [5.41, 5.74) is 5.87. The number of likely N-dealkylation sites (tertiary alicyclic amines) is 1. The molecule has 3 unspecified atom stereocenters. The molecule has 0 aromatic carbocycles. The molecule has 2 nitrogen and oxygen atoms in total. The minimum absolute atomic E-state index is 0.228. The summed E-state index contributed by atoms with van der Waals surface area (Å²) in [5.74, 6) is 2.76. The van der Waals surface area contributed by atoms with Crippen molar-refractivity contribution in [2.45, 2.75) is 44.8 Å². The van der Waals surface area contributed by atoms with Crippen LogP contribution in [-0.2, 0) is 0 Å². The van der Waals surface area contributed by atoms with Crippen LogP contribution in [0.2, 0.25) is 0 Å². The normalized spacial score (nSPS) is 34.2. The van der Waals surface area contributed by atoms with E-state index in [0.717, 1.165) is 13.0 Å². The van der Waals surface area contributed by atoms with E-state index < -0.39 is 0 Å². The minimum Gasteiger partial charge on any atom is -0.327 e. The first-order valence-electron chi connectivity index (χ1n) is 4.62. The summed E-state index contributed by atoms with van der Waals surface area (Å²) in [6, 6.07) is 1.14. The molecular formula is C10H18N2. The second-order valence-corrected chi connectivity index (χ2v) is 3.73. The van der Waals surface area contributed by atoms with E-state index in [1.807, 2.05) is 0 Å². The van der Waals surface area contributed by atoms with Gasteiger partial charge in [-0.1, -0.05) is 5.92 Å². The Balaban J connectivity index is 2.55. The lowest BCUT2D eigenvalue weighted by atomic mass is 9.98. The summed E-state index contributed by atoms with van der Waals surface area (Å²) >= 11 is 0. The smallest absolute Gasteiger partial charge is 0.0686 e. The second-order valence-electron chi connectivity index (χ2n) is 3.73. The van der Waals surface area contributed by atoms with Gasteiger partial charge in [0.1, 0.15) is 0 Å². The Morgan fingerprint density at radius 2 is 2.25 bits per heavy atom. The van der Waals surface area contributed by atoms with Crippen LogP contribution in [0.5, 0.6) is 0 Å². The molecule has 0 saturated carbocycles. The average Bonchev–Trinajstić information content (AvgIpc) is 2.08. The number of nitrogens with two attached hydrogens (primary N) is 1. The van der Waals surface area contributed by atoms with Crippen LogP contribution in [0.3, 0.4) is 0 Å². The van der Waals surface area contributed by atoms with Gasteiger partial charge in [-0.3, -0.25) is 4.90 Å². The largest absolute Gasteiger partial charge is 0.327 e. The minimum atomic E-state index is 0.228. The van der Waals surface area contributed by atoms with Crippen molar-refractivity contribution in [1.29, 1.82) is 0 Å². The zero-order valence-electron chi connectivity index (χ0n) is 7.96. The van der Waals surface area contributed by atoms with Crippen molar-refractivity contribution >= 4 is 0 Å². The Labute approximate surface area is 75.1 Å². The number of terminal acetylenes is 1. The van der Waals surface area contributed by atoms with Crippen LogP contribution in [0.15, 0.2) is 0 Å². The highest BCUT2D eigenvalue weighted by Gasteiger charge is 2.25. The lowest BCUT2D eigenvalue weighted by Crippen LogP contribution is -2.50. The van der Waals surface area contributed by atoms with E-state index >= 15 is 0 Å². The maximum atomic E-state index is 5.87. The molecule has 0 spiro atoms. The van der Waals surface area contributed by atoms with Gasteiger partial charge in [-0.25, -0.2) is 0 Å². The van der Waals surface area contributed by atoms with Gasteiger partial charge < -0.3 is 5.73 Å². The molecule has 2 heteroatoms. The molecule has 3 atom stereocenters. The number of hydrogen-bond acceptors (Lipinski definition) is 2. The molecule has 1 fully saturated rings. The Bertz CT molecular complexity index is 183. The third-order valence-corrected chi connectivity index (χ3v) is 2.71. The molecule has 1 saturated heterocycles. The van der Waals surface area contributed by atoms with Gasteiger partial charge in [0.15, 0.2) is 0 Å². The molecule has 68 valence electrons. The van der Waals surface area contributed by atoms with E-state index in [2.05, 4.69) is 24.7 Å². The van der Waals surface area contributed by atoms with Gasteiger partial charge in [-0.2, -0.15) is 0 Å².